The van der Waals surface area contributed by atoms with Crippen LogP contribution in [0.5, 0.6) is 0 Å². The maximum absolute atomic E-state index is 6.58. The lowest BCUT2D eigenvalue weighted by atomic mass is 9.91. The number of furan rings is 1. The molecule has 0 amide bonds. The van der Waals surface area contributed by atoms with Gasteiger partial charge in [-0.1, -0.05) is 182 Å². The number of benzene rings is 10. The minimum Gasteiger partial charge on any atom is -0.456 e. The van der Waals surface area contributed by atoms with Gasteiger partial charge < -0.3 is 4.42 Å². The highest BCUT2D eigenvalue weighted by molar-refractivity contribution is 6.25. The SMILES string of the molecule is c1ccc(-c2nc(-c3ccccc3)nc(-c3ccc(Cc4ccc5c(c4)oc4cc(-c6cccc(-c7ccc8c9ccccc9c9ccccc9c8c7)c6)ccc45)cc3)n2)cc1. The molecule has 0 aliphatic carbocycles. The van der Waals surface area contributed by atoms with Gasteiger partial charge in [0.05, 0.1) is 0 Å². The number of hydrogen-bond donors (Lipinski definition) is 0. The standard InChI is InChI=1S/C58H37N3O/c1-3-12-39(13-4-1)56-59-57(40-14-5-2-6-15-40)61-58(60-56)41-25-22-37(23-26-41)32-38-24-29-51-52-31-28-45(36-55(52)62-54(51)33-38)43-17-11-16-42(34-43)44-27-30-50-48-20-8-7-18-46(48)47-19-9-10-21-49(47)53(50)35-44/h1-31,33-36H,32H2. The average Bonchev–Trinajstić information content (AvgIpc) is 3.72. The number of nitrogens with zero attached hydrogens (tertiary/aromatic N) is 3. The molecule has 0 aliphatic rings. The van der Waals surface area contributed by atoms with Gasteiger partial charge in [0.25, 0.3) is 0 Å². The highest BCUT2D eigenvalue weighted by atomic mass is 16.3. The molecule has 0 spiro atoms. The van der Waals surface area contributed by atoms with E-state index in [9.17, 15) is 0 Å². The molecule has 4 nitrogen and oxygen atoms in total. The van der Waals surface area contributed by atoms with E-state index in [1.54, 1.807) is 0 Å². The molecule has 10 aromatic carbocycles. The van der Waals surface area contributed by atoms with Crippen LogP contribution in [-0.2, 0) is 6.42 Å². The largest absolute Gasteiger partial charge is 0.456 e. The summed E-state index contributed by atoms with van der Waals surface area (Å²) in [6, 6.07) is 75.1. The topological polar surface area (TPSA) is 51.8 Å². The summed E-state index contributed by atoms with van der Waals surface area (Å²) in [5, 5.41) is 9.94. The van der Waals surface area contributed by atoms with Crippen molar-refractivity contribution in [2.24, 2.45) is 0 Å². The Morgan fingerprint density at radius 3 is 1.23 bits per heavy atom. The van der Waals surface area contributed by atoms with Gasteiger partial charge in [-0.25, -0.2) is 15.0 Å². The Balaban J connectivity index is 0.825. The minimum absolute atomic E-state index is 0.648. The van der Waals surface area contributed by atoms with E-state index in [-0.39, 0.29) is 0 Å². The Morgan fingerprint density at radius 1 is 0.258 bits per heavy atom. The van der Waals surface area contributed by atoms with E-state index < -0.39 is 0 Å². The quantitative estimate of drug-likeness (QED) is 0.151. The van der Waals surface area contributed by atoms with Crippen molar-refractivity contribution in [2.45, 2.75) is 6.42 Å². The van der Waals surface area contributed by atoms with Gasteiger partial charge >= 0.3 is 0 Å². The fourth-order valence-electron chi connectivity index (χ4n) is 9.02. The number of aromatic nitrogens is 3. The smallest absolute Gasteiger partial charge is 0.164 e. The van der Waals surface area contributed by atoms with E-state index in [0.29, 0.717) is 17.5 Å². The van der Waals surface area contributed by atoms with Crippen LogP contribution >= 0.6 is 0 Å². The Hall–Kier alpha value is -8.21. The highest BCUT2D eigenvalue weighted by Crippen LogP contribution is 2.39. The van der Waals surface area contributed by atoms with Crippen LogP contribution < -0.4 is 0 Å². The number of fused-ring (bicyclic) bond motifs is 9. The van der Waals surface area contributed by atoms with Gasteiger partial charge in [0.15, 0.2) is 17.5 Å². The first-order chi connectivity index (χ1) is 30.7. The normalized spacial score (nSPS) is 11.6. The number of hydrogen-bond acceptors (Lipinski definition) is 4. The van der Waals surface area contributed by atoms with Crippen LogP contribution in [-0.4, -0.2) is 15.0 Å². The zero-order valence-electron chi connectivity index (χ0n) is 33.7. The van der Waals surface area contributed by atoms with Crippen LogP contribution in [0.25, 0.3) is 111 Å². The molecule has 0 fully saturated rings. The molecule has 4 heteroatoms. The molecule has 2 aromatic heterocycles. The molecule has 2 heterocycles. The molecule has 0 saturated heterocycles. The van der Waals surface area contributed by atoms with Gasteiger partial charge in [-0.05, 0) is 102 Å². The molecular formula is C58H37N3O. The summed E-state index contributed by atoms with van der Waals surface area (Å²) in [6.45, 7) is 0. The molecule has 62 heavy (non-hydrogen) atoms. The van der Waals surface area contributed by atoms with Crippen LogP contribution in [0.3, 0.4) is 0 Å². The van der Waals surface area contributed by atoms with Crippen molar-refractivity contribution < 1.29 is 4.42 Å². The van der Waals surface area contributed by atoms with Crippen molar-refractivity contribution in [3.63, 3.8) is 0 Å². The first-order valence-corrected chi connectivity index (χ1v) is 21.0. The Bertz CT molecular complexity index is 3560. The Labute approximate surface area is 358 Å². The second-order valence-electron chi connectivity index (χ2n) is 16.0. The number of rotatable bonds is 7. The van der Waals surface area contributed by atoms with Gasteiger partial charge in [-0.15, -0.1) is 0 Å². The fraction of sp³-hybridized carbons (Fsp3) is 0.0172. The average molecular weight is 792 g/mol. The first kappa shape index (κ1) is 35.7. The van der Waals surface area contributed by atoms with E-state index in [2.05, 4.69) is 152 Å². The van der Waals surface area contributed by atoms with Crippen molar-refractivity contribution >= 4 is 54.3 Å². The van der Waals surface area contributed by atoms with Crippen molar-refractivity contribution in [1.29, 1.82) is 0 Å². The third-order valence-electron chi connectivity index (χ3n) is 12.1. The first-order valence-electron chi connectivity index (χ1n) is 21.0. The van der Waals surface area contributed by atoms with Crippen LogP contribution in [0.15, 0.2) is 217 Å². The van der Waals surface area contributed by atoms with Crippen molar-refractivity contribution in [2.75, 3.05) is 0 Å². The van der Waals surface area contributed by atoms with Gasteiger partial charge in [0.1, 0.15) is 11.2 Å². The van der Waals surface area contributed by atoms with E-state index >= 15 is 0 Å². The van der Waals surface area contributed by atoms with Crippen LogP contribution in [0.1, 0.15) is 11.1 Å². The lowest BCUT2D eigenvalue weighted by Crippen LogP contribution is -2.00. The maximum atomic E-state index is 6.58. The fourth-order valence-corrected chi connectivity index (χ4v) is 9.02. The van der Waals surface area contributed by atoms with E-state index in [1.165, 1.54) is 54.6 Å². The van der Waals surface area contributed by atoms with Crippen LogP contribution in [0, 0.1) is 0 Å². The lowest BCUT2D eigenvalue weighted by molar-refractivity contribution is 0.668. The molecule has 0 aliphatic heterocycles. The maximum Gasteiger partial charge on any atom is 0.164 e. The Morgan fingerprint density at radius 2 is 0.645 bits per heavy atom. The second-order valence-corrected chi connectivity index (χ2v) is 16.0. The van der Waals surface area contributed by atoms with E-state index in [0.717, 1.165) is 56.2 Å². The Kier molecular flexibility index (Phi) is 8.53. The molecule has 0 unspecified atom stereocenters. The molecule has 0 saturated carbocycles. The molecule has 0 bridgehead atoms. The van der Waals surface area contributed by atoms with Gasteiger partial charge in [0.2, 0.25) is 0 Å². The molecule has 0 radical (unpaired) electrons. The summed E-state index contributed by atoms with van der Waals surface area (Å²) in [5.41, 5.74) is 11.7. The third kappa shape index (κ3) is 6.37. The third-order valence-corrected chi connectivity index (χ3v) is 12.1. The van der Waals surface area contributed by atoms with Gasteiger partial charge in [-0.2, -0.15) is 0 Å². The second kappa shape index (κ2) is 14.8. The van der Waals surface area contributed by atoms with Gasteiger partial charge in [-0.3, -0.25) is 0 Å². The molecular weight excluding hydrogens is 755 g/mol. The van der Waals surface area contributed by atoms with Crippen molar-refractivity contribution in [3.8, 4) is 56.4 Å². The predicted molar refractivity (Wildman–Crippen MR) is 256 cm³/mol. The molecule has 290 valence electrons. The predicted octanol–water partition coefficient (Wildman–Crippen LogP) is 15.2. The van der Waals surface area contributed by atoms with E-state index in [4.69, 9.17) is 19.4 Å². The van der Waals surface area contributed by atoms with Gasteiger partial charge in [0, 0.05) is 27.5 Å². The summed E-state index contributed by atoms with van der Waals surface area (Å²) >= 11 is 0. The zero-order chi connectivity index (χ0) is 41.0. The van der Waals surface area contributed by atoms with Crippen LogP contribution in [0.2, 0.25) is 0 Å². The molecule has 12 rings (SSSR count). The van der Waals surface area contributed by atoms with Crippen molar-refractivity contribution in [1.82, 2.24) is 15.0 Å². The summed E-state index contributed by atoms with van der Waals surface area (Å²) in [7, 11) is 0. The van der Waals surface area contributed by atoms with E-state index in [1.807, 2.05) is 60.7 Å². The lowest BCUT2D eigenvalue weighted by Gasteiger charge is -2.12. The minimum atomic E-state index is 0.648. The molecule has 0 N–H and O–H groups in total. The van der Waals surface area contributed by atoms with Crippen molar-refractivity contribution in [3.05, 3.63) is 223 Å². The summed E-state index contributed by atoms with van der Waals surface area (Å²) in [5.74, 6) is 1.96. The molecule has 12 aromatic rings. The molecule has 0 atom stereocenters. The summed E-state index contributed by atoms with van der Waals surface area (Å²) < 4.78 is 6.58. The summed E-state index contributed by atoms with van der Waals surface area (Å²) in [6.07, 6.45) is 0.772. The monoisotopic (exact) mass is 791 g/mol. The summed E-state index contributed by atoms with van der Waals surface area (Å²) in [4.78, 5) is 14.6. The van der Waals surface area contributed by atoms with Crippen LogP contribution in [0.4, 0.5) is 0 Å². The highest BCUT2D eigenvalue weighted by Gasteiger charge is 2.15. The zero-order valence-corrected chi connectivity index (χ0v) is 33.7.